The molecule has 0 aromatic heterocycles. The summed E-state index contributed by atoms with van der Waals surface area (Å²) in [5.41, 5.74) is 1.12. The van der Waals surface area contributed by atoms with E-state index in [1.54, 1.807) is 0 Å². The lowest BCUT2D eigenvalue weighted by Crippen LogP contribution is -2.24. The highest BCUT2D eigenvalue weighted by atomic mass is 16.5. The van der Waals surface area contributed by atoms with Crippen molar-refractivity contribution in [1.82, 2.24) is 0 Å². The summed E-state index contributed by atoms with van der Waals surface area (Å²) >= 11 is 0. The van der Waals surface area contributed by atoms with Crippen molar-refractivity contribution in [1.29, 1.82) is 0 Å². The van der Waals surface area contributed by atoms with Gasteiger partial charge in [0.15, 0.2) is 0 Å². The highest BCUT2D eigenvalue weighted by Gasteiger charge is 2.08. The maximum Gasteiger partial charge on any atom is 0.104 e. The first kappa shape index (κ1) is 25.1. The van der Waals surface area contributed by atoms with Gasteiger partial charge in [0.25, 0.3) is 0 Å². The average molecular weight is 393 g/mol. The molecule has 0 amide bonds. The van der Waals surface area contributed by atoms with Gasteiger partial charge < -0.3 is 14.6 Å². The average Bonchev–Trinajstić information content (AvgIpc) is 2.73. The maximum absolute atomic E-state index is 9.41. The molecule has 0 radical (unpaired) electrons. The molecule has 0 aliphatic rings. The molecule has 1 aromatic carbocycles. The van der Waals surface area contributed by atoms with Gasteiger partial charge in [0, 0.05) is 6.61 Å². The lowest BCUT2D eigenvalue weighted by molar-refractivity contribution is -0.0502. The normalized spacial score (nSPS) is 12.4. The van der Waals surface area contributed by atoms with Gasteiger partial charge in [-0.2, -0.15) is 0 Å². The van der Waals surface area contributed by atoms with Crippen molar-refractivity contribution in [3.05, 3.63) is 35.9 Å². The summed E-state index contributed by atoms with van der Waals surface area (Å²) in [5.74, 6) is 0. The molecule has 1 unspecified atom stereocenters. The number of ether oxygens (including phenoxy) is 2. The Kier molecular flexibility index (Phi) is 17.4. The van der Waals surface area contributed by atoms with Crippen LogP contribution in [0.1, 0.15) is 96.0 Å². The van der Waals surface area contributed by atoms with Crippen LogP contribution in [0.25, 0.3) is 0 Å². The summed E-state index contributed by atoms with van der Waals surface area (Å²) in [6.45, 7) is 4.05. The highest BCUT2D eigenvalue weighted by Crippen LogP contribution is 2.12. The van der Waals surface area contributed by atoms with Gasteiger partial charge in [0.05, 0.1) is 19.8 Å². The van der Waals surface area contributed by atoms with Gasteiger partial charge in [-0.05, 0) is 12.0 Å². The summed E-state index contributed by atoms with van der Waals surface area (Å²) < 4.78 is 11.4. The largest absolute Gasteiger partial charge is 0.394 e. The maximum atomic E-state index is 9.41. The van der Waals surface area contributed by atoms with E-state index in [4.69, 9.17) is 9.47 Å². The van der Waals surface area contributed by atoms with E-state index in [0.717, 1.165) is 18.6 Å². The lowest BCUT2D eigenvalue weighted by Gasteiger charge is -2.15. The smallest absolute Gasteiger partial charge is 0.104 e. The first-order chi connectivity index (χ1) is 13.9. The van der Waals surface area contributed by atoms with E-state index in [1.165, 1.54) is 77.0 Å². The molecule has 1 rings (SSSR count). The molecular formula is C25H44O3. The Morgan fingerprint density at radius 2 is 1.29 bits per heavy atom. The van der Waals surface area contributed by atoms with Crippen LogP contribution in [0.15, 0.2) is 30.3 Å². The summed E-state index contributed by atoms with van der Waals surface area (Å²) in [4.78, 5) is 0. The third-order valence-corrected chi connectivity index (χ3v) is 5.23. The minimum Gasteiger partial charge on any atom is -0.394 e. The SMILES string of the molecule is CCCCCCCCCCCCCCCOCC(CO)OCc1ccccc1. The van der Waals surface area contributed by atoms with Crippen LogP contribution in [0.4, 0.5) is 0 Å². The molecule has 3 heteroatoms. The van der Waals surface area contributed by atoms with Crippen LogP contribution < -0.4 is 0 Å². The number of rotatable bonds is 20. The predicted molar refractivity (Wildman–Crippen MR) is 119 cm³/mol. The van der Waals surface area contributed by atoms with Crippen LogP contribution in [0.3, 0.4) is 0 Å². The summed E-state index contributed by atoms with van der Waals surface area (Å²) in [7, 11) is 0. The number of hydrogen-bond donors (Lipinski definition) is 1. The molecule has 0 fully saturated rings. The number of aliphatic hydroxyl groups is 1. The van der Waals surface area contributed by atoms with Gasteiger partial charge in [-0.25, -0.2) is 0 Å². The summed E-state index contributed by atoms with van der Waals surface area (Å²) in [6, 6.07) is 10.0. The second kappa shape index (κ2) is 19.4. The molecule has 0 saturated carbocycles. The molecule has 1 N–H and O–H groups in total. The van der Waals surface area contributed by atoms with Crippen LogP contribution in [0.5, 0.6) is 0 Å². The fraction of sp³-hybridized carbons (Fsp3) is 0.760. The van der Waals surface area contributed by atoms with E-state index in [9.17, 15) is 5.11 Å². The minimum atomic E-state index is -0.234. The fourth-order valence-electron chi connectivity index (χ4n) is 3.38. The zero-order valence-corrected chi connectivity index (χ0v) is 18.2. The van der Waals surface area contributed by atoms with Crippen molar-refractivity contribution < 1.29 is 14.6 Å². The topological polar surface area (TPSA) is 38.7 Å². The molecule has 0 bridgehead atoms. The van der Waals surface area contributed by atoms with Gasteiger partial charge >= 0.3 is 0 Å². The Morgan fingerprint density at radius 1 is 0.750 bits per heavy atom. The summed E-state index contributed by atoms with van der Waals surface area (Å²) in [5, 5.41) is 9.41. The first-order valence-corrected chi connectivity index (χ1v) is 11.7. The molecule has 28 heavy (non-hydrogen) atoms. The number of aliphatic hydroxyl groups excluding tert-OH is 1. The quantitative estimate of drug-likeness (QED) is 0.252. The minimum absolute atomic E-state index is 0.00539. The van der Waals surface area contributed by atoms with Gasteiger partial charge in [0.2, 0.25) is 0 Å². The van der Waals surface area contributed by atoms with Crippen LogP contribution >= 0.6 is 0 Å². The van der Waals surface area contributed by atoms with Crippen molar-refractivity contribution in [3.8, 4) is 0 Å². The number of unbranched alkanes of at least 4 members (excludes halogenated alkanes) is 12. The van der Waals surface area contributed by atoms with Crippen molar-refractivity contribution >= 4 is 0 Å². The fourth-order valence-corrected chi connectivity index (χ4v) is 3.38. The lowest BCUT2D eigenvalue weighted by atomic mass is 10.0. The van der Waals surface area contributed by atoms with Crippen LogP contribution in [-0.2, 0) is 16.1 Å². The standard InChI is InChI=1S/C25H44O3/c1-2-3-4-5-6-7-8-9-10-11-12-13-17-20-27-23-25(21-26)28-22-24-18-15-14-16-19-24/h14-16,18-19,25-26H,2-13,17,20-23H2,1H3. The first-order valence-electron chi connectivity index (χ1n) is 11.7. The third kappa shape index (κ3) is 15.1. The van der Waals surface area contributed by atoms with Gasteiger partial charge in [0.1, 0.15) is 6.10 Å². The molecule has 1 atom stereocenters. The van der Waals surface area contributed by atoms with E-state index < -0.39 is 0 Å². The third-order valence-electron chi connectivity index (χ3n) is 5.23. The van der Waals surface area contributed by atoms with Crippen LogP contribution in [-0.4, -0.2) is 31.0 Å². The van der Waals surface area contributed by atoms with E-state index in [1.807, 2.05) is 30.3 Å². The van der Waals surface area contributed by atoms with Crippen molar-refractivity contribution in [2.45, 2.75) is 103 Å². The number of hydrogen-bond acceptors (Lipinski definition) is 3. The molecular weight excluding hydrogens is 348 g/mol. The number of benzene rings is 1. The van der Waals surface area contributed by atoms with E-state index in [-0.39, 0.29) is 12.7 Å². The Bertz CT molecular complexity index is 421. The molecule has 1 aromatic rings. The second-order valence-corrected chi connectivity index (χ2v) is 7.92. The van der Waals surface area contributed by atoms with E-state index in [0.29, 0.717) is 13.2 Å². The summed E-state index contributed by atoms with van der Waals surface area (Å²) in [6.07, 6.45) is 17.5. The second-order valence-electron chi connectivity index (χ2n) is 7.92. The van der Waals surface area contributed by atoms with Crippen LogP contribution in [0.2, 0.25) is 0 Å². The Balaban J connectivity index is 1.82. The predicted octanol–water partition coefficient (Wildman–Crippen LogP) is 6.67. The van der Waals surface area contributed by atoms with Crippen molar-refractivity contribution in [2.24, 2.45) is 0 Å². The molecule has 162 valence electrons. The molecule has 0 spiro atoms. The Hall–Kier alpha value is -0.900. The van der Waals surface area contributed by atoms with Crippen molar-refractivity contribution in [3.63, 3.8) is 0 Å². The van der Waals surface area contributed by atoms with Crippen LogP contribution in [0, 0.1) is 0 Å². The van der Waals surface area contributed by atoms with Gasteiger partial charge in [-0.3, -0.25) is 0 Å². The van der Waals surface area contributed by atoms with Gasteiger partial charge in [-0.1, -0.05) is 114 Å². The molecule has 0 aliphatic carbocycles. The Morgan fingerprint density at radius 3 is 1.82 bits per heavy atom. The van der Waals surface area contributed by atoms with Gasteiger partial charge in [-0.15, -0.1) is 0 Å². The van der Waals surface area contributed by atoms with E-state index in [2.05, 4.69) is 6.92 Å². The molecule has 0 aliphatic heterocycles. The monoisotopic (exact) mass is 392 g/mol. The highest BCUT2D eigenvalue weighted by molar-refractivity contribution is 5.13. The molecule has 0 heterocycles. The molecule has 3 nitrogen and oxygen atoms in total. The zero-order valence-electron chi connectivity index (χ0n) is 18.2. The Labute approximate surface area is 173 Å². The zero-order chi connectivity index (χ0) is 20.1. The molecule has 0 saturated heterocycles. The van der Waals surface area contributed by atoms with E-state index >= 15 is 0 Å². The van der Waals surface area contributed by atoms with Crippen molar-refractivity contribution in [2.75, 3.05) is 19.8 Å².